The van der Waals surface area contributed by atoms with Crippen LogP contribution in [-0.2, 0) is 19.6 Å². The van der Waals surface area contributed by atoms with Gasteiger partial charge in [0, 0.05) is 42.8 Å². The van der Waals surface area contributed by atoms with Gasteiger partial charge in [0.15, 0.2) is 4.75 Å². The highest BCUT2D eigenvalue weighted by atomic mass is 35.5. The van der Waals surface area contributed by atoms with Crippen LogP contribution in [0.2, 0.25) is 5.02 Å². The maximum Gasteiger partial charge on any atom is 0.317 e. The zero-order valence-electron chi connectivity index (χ0n) is 29.9. The fraction of sp³-hybridized carbons (Fsp3) is 0.500. The van der Waals surface area contributed by atoms with E-state index in [1.165, 1.54) is 23.3 Å². The van der Waals surface area contributed by atoms with Crippen LogP contribution in [-0.4, -0.2) is 84.8 Å². The number of fused-ring (bicyclic) bond motifs is 2. The molecular formula is C36H42ClN7O7S2. The Morgan fingerprint density at radius 3 is 2.68 bits per heavy atom. The minimum Gasteiger partial charge on any atom is -0.495 e. The molecule has 0 bridgehead atoms. The highest BCUT2D eigenvalue weighted by Gasteiger charge is 2.63. The lowest BCUT2D eigenvalue weighted by atomic mass is 10.1. The smallest absolute Gasteiger partial charge is 0.317 e. The first kappa shape index (κ1) is 38.3. The van der Waals surface area contributed by atoms with Crippen molar-refractivity contribution < 1.29 is 32.3 Å². The van der Waals surface area contributed by atoms with Crippen LogP contribution in [0.3, 0.4) is 0 Å². The van der Waals surface area contributed by atoms with Crippen molar-refractivity contribution in [1.82, 2.24) is 30.2 Å². The van der Waals surface area contributed by atoms with E-state index in [0.29, 0.717) is 57.5 Å². The van der Waals surface area contributed by atoms with E-state index in [2.05, 4.69) is 29.2 Å². The third-order valence-corrected chi connectivity index (χ3v) is 13.2. The Labute approximate surface area is 317 Å². The molecule has 3 unspecified atom stereocenters. The molecule has 282 valence electrons. The monoisotopic (exact) mass is 783 g/mol. The van der Waals surface area contributed by atoms with Crippen molar-refractivity contribution in [2.24, 2.45) is 5.92 Å². The molecule has 3 aromatic rings. The Kier molecular flexibility index (Phi) is 10.9. The summed E-state index contributed by atoms with van der Waals surface area (Å²) >= 11 is 8.16. The number of hydrogen-bond donors (Lipinski definition) is 3. The van der Waals surface area contributed by atoms with Gasteiger partial charge in [-0.15, -0.1) is 11.3 Å². The van der Waals surface area contributed by atoms with Crippen LogP contribution in [0.1, 0.15) is 70.4 Å². The van der Waals surface area contributed by atoms with Crippen molar-refractivity contribution >= 4 is 61.7 Å². The molecule has 14 nitrogen and oxygen atoms in total. The molecule has 3 aliphatic rings. The number of hydrogen-bond acceptors (Lipinski definition) is 11. The number of rotatable bonds is 10. The van der Waals surface area contributed by atoms with Crippen LogP contribution in [0.15, 0.2) is 35.7 Å². The molecule has 2 saturated carbocycles. The molecule has 4 amide bonds. The summed E-state index contributed by atoms with van der Waals surface area (Å²) in [6.45, 7) is 4.51. The van der Waals surface area contributed by atoms with E-state index in [1.807, 2.05) is 17.5 Å². The number of amides is 4. The van der Waals surface area contributed by atoms with Gasteiger partial charge in [0.2, 0.25) is 5.91 Å². The molecule has 1 aromatic carbocycles. The van der Waals surface area contributed by atoms with Crippen molar-refractivity contribution in [2.75, 3.05) is 27.3 Å². The second-order valence-corrected chi connectivity index (χ2v) is 17.2. The molecule has 17 heteroatoms. The molecule has 0 spiro atoms. The number of urea groups is 1. The molecule has 0 saturated heterocycles. The molecule has 3 atom stereocenters. The minimum absolute atomic E-state index is 0.0166. The second-order valence-electron chi connectivity index (χ2n) is 14.0. The molecule has 6 rings (SSSR count). The van der Waals surface area contributed by atoms with Gasteiger partial charge >= 0.3 is 6.03 Å². The van der Waals surface area contributed by atoms with Gasteiger partial charge in [0.25, 0.3) is 15.9 Å². The van der Waals surface area contributed by atoms with Crippen LogP contribution >= 0.6 is 22.9 Å². The maximum absolute atomic E-state index is 14.0. The summed E-state index contributed by atoms with van der Waals surface area (Å²) in [4.78, 5) is 52.0. The standard InChI is InChI=1S/C36H42ClN7O7S2/c1-21(2)26-19-52-32(40-26)25-17-28(23-10-11-27(50-4)29(37)30(23)39-25)51-16-12-24-31(45)42-36(33(46)43-53(48,49)35(20-38)13-14-35)18-22(36)9-7-5-6-8-15-44(3)34(47)41-24/h7,9-11,17,19,21-22,24H,5-6,8,12-16,18H2,1-4H3,(H,41,47)(H,42,45)(H,43,46)/b9-7-. The summed E-state index contributed by atoms with van der Waals surface area (Å²) in [5, 5.41) is 18.6. The molecule has 53 heavy (non-hydrogen) atoms. The SMILES string of the molecule is COc1ccc2c(OCCC3NC(=O)N(C)CCCC/C=C\C4CC4(C(=O)NS(=O)(=O)C4(C#N)CC4)NC3=O)cc(-c3nc(C(C)C)cs3)nc2c1Cl. The molecule has 2 fully saturated rings. The first-order valence-corrected chi connectivity index (χ1v) is 20.2. The largest absolute Gasteiger partial charge is 0.495 e. The fourth-order valence-corrected chi connectivity index (χ4v) is 8.81. The highest BCUT2D eigenvalue weighted by molar-refractivity contribution is 7.92. The van der Waals surface area contributed by atoms with Crippen molar-refractivity contribution in [1.29, 1.82) is 5.26 Å². The number of carbonyl (C=O) groups is 3. The Bertz CT molecular complexity index is 2110. The second kappa shape index (κ2) is 15.1. The van der Waals surface area contributed by atoms with Gasteiger partial charge in [0.1, 0.15) is 38.8 Å². The summed E-state index contributed by atoms with van der Waals surface area (Å²) in [6, 6.07) is 5.37. The van der Waals surface area contributed by atoms with Crippen molar-refractivity contribution in [3.63, 3.8) is 0 Å². The molecule has 0 radical (unpaired) electrons. The maximum atomic E-state index is 14.0. The predicted octanol–water partition coefficient (Wildman–Crippen LogP) is 5.04. The summed E-state index contributed by atoms with van der Waals surface area (Å²) in [6.07, 6.45) is 6.25. The molecule has 3 N–H and O–H groups in total. The molecule has 2 aliphatic carbocycles. The van der Waals surface area contributed by atoms with Crippen molar-refractivity contribution in [2.45, 2.75) is 81.0 Å². The molecule has 1 aliphatic heterocycles. The Hall–Kier alpha value is -4.46. The third-order valence-electron chi connectivity index (χ3n) is 9.92. The fourth-order valence-electron chi connectivity index (χ4n) is 6.21. The summed E-state index contributed by atoms with van der Waals surface area (Å²) < 4.78 is 38.2. The van der Waals surface area contributed by atoms with Crippen molar-refractivity contribution in [3.05, 3.63) is 46.4 Å². The normalized spacial score (nSPS) is 23.5. The first-order chi connectivity index (χ1) is 25.2. The van der Waals surface area contributed by atoms with E-state index in [0.717, 1.165) is 12.1 Å². The van der Waals surface area contributed by atoms with E-state index in [9.17, 15) is 28.1 Å². The lowest BCUT2D eigenvalue weighted by Crippen LogP contribution is -2.58. The number of carbonyl (C=O) groups excluding carboxylic acids is 3. The van der Waals surface area contributed by atoms with E-state index in [-0.39, 0.29) is 38.2 Å². The van der Waals surface area contributed by atoms with Gasteiger partial charge in [-0.2, -0.15) is 5.26 Å². The number of benzene rings is 1. The molecule has 2 aromatic heterocycles. The van der Waals surface area contributed by atoms with Crippen LogP contribution in [0.25, 0.3) is 21.6 Å². The van der Waals surface area contributed by atoms with Gasteiger partial charge in [0.05, 0.1) is 31.0 Å². The average Bonchev–Trinajstić information content (AvgIpc) is 4.02. The number of nitriles is 1. The molecular weight excluding hydrogens is 742 g/mol. The highest BCUT2D eigenvalue weighted by Crippen LogP contribution is 2.47. The number of methoxy groups -OCH3 is 1. The Balaban J connectivity index is 1.27. The number of aromatic nitrogens is 2. The van der Waals surface area contributed by atoms with Crippen LogP contribution in [0.4, 0.5) is 4.79 Å². The van der Waals surface area contributed by atoms with E-state index < -0.39 is 50.1 Å². The Morgan fingerprint density at radius 1 is 1.23 bits per heavy atom. The number of nitrogens with zero attached hydrogens (tertiary/aromatic N) is 4. The minimum atomic E-state index is -4.32. The van der Waals surface area contributed by atoms with Gasteiger partial charge in [-0.1, -0.05) is 37.6 Å². The van der Waals surface area contributed by atoms with E-state index in [4.69, 9.17) is 31.0 Å². The van der Waals surface area contributed by atoms with Crippen molar-refractivity contribution in [3.8, 4) is 28.3 Å². The number of ether oxygens (including phenoxy) is 2. The van der Waals surface area contributed by atoms with Crippen LogP contribution in [0.5, 0.6) is 11.5 Å². The molecule has 3 heterocycles. The van der Waals surface area contributed by atoms with Gasteiger partial charge in [-0.25, -0.2) is 27.9 Å². The zero-order valence-corrected chi connectivity index (χ0v) is 32.3. The quantitative estimate of drug-likeness (QED) is 0.235. The third kappa shape index (κ3) is 7.78. The number of thiazole rings is 1. The van der Waals surface area contributed by atoms with Crippen LogP contribution < -0.4 is 24.8 Å². The summed E-state index contributed by atoms with van der Waals surface area (Å²) in [7, 11) is -1.18. The Morgan fingerprint density at radius 2 is 2.00 bits per heavy atom. The van der Waals surface area contributed by atoms with E-state index in [1.54, 1.807) is 31.3 Å². The zero-order chi connectivity index (χ0) is 38.1. The topological polar surface area (TPSA) is 193 Å². The number of halogens is 1. The van der Waals surface area contributed by atoms with Gasteiger partial charge in [-0.05, 0) is 56.6 Å². The number of allylic oxidation sites excluding steroid dienone is 1. The number of nitrogens with one attached hydrogen (secondary N) is 3. The number of sulfonamides is 1. The van der Waals surface area contributed by atoms with Gasteiger partial charge < -0.3 is 25.0 Å². The first-order valence-electron chi connectivity index (χ1n) is 17.5. The lowest BCUT2D eigenvalue weighted by molar-refractivity contribution is -0.130. The van der Waals surface area contributed by atoms with E-state index >= 15 is 0 Å². The van der Waals surface area contributed by atoms with Gasteiger partial charge in [-0.3, -0.25) is 9.59 Å². The summed E-state index contributed by atoms with van der Waals surface area (Å²) in [5.41, 5.74) is 0.303. The van der Waals surface area contributed by atoms with Crippen LogP contribution in [0, 0.1) is 17.2 Å². The summed E-state index contributed by atoms with van der Waals surface area (Å²) in [5.74, 6) is -1.03. The lowest BCUT2D eigenvalue weighted by Gasteiger charge is -2.26. The average molecular weight is 784 g/mol. The number of pyridine rings is 1. The predicted molar refractivity (Wildman–Crippen MR) is 200 cm³/mol.